The fraction of sp³-hybridized carbons (Fsp3) is 0.800. The molecule has 8 N–H and O–H groups in total. The van der Waals surface area contributed by atoms with Gasteiger partial charge in [-0.1, -0.05) is 0 Å². The fourth-order valence-corrected chi connectivity index (χ4v) is 2.30. The quantitative estimate of drug-likeness (QED) is 0.199. The van der Waals surface area contributed by atoms with Gasteiger partial charge in [0.15, 0.2) is 0 Å². The third kappa shape index (κ3) is 10.3. The minimum absolute atomic E-state index is 0.00149. The predicted octanol–water partition coefficient (Wildman–Crippen LogP) is -1.79. The summed E-state index contributed by atoms with van der Waals surface area (Å²) >= 11 is 0. The molecule has 140 valence electrons. The van der Waals surface area contributed by atoms with E-state index in [9.17, 15) is 19.5 Å². The third-order valence-corrected chi connectivity index (χ3v) is 3.71. The Morgan fingerprint density at radius 1 is 1.17 bits per heavy atom. The molecule has 0 rings (SSSR count). The van der Waals surface area contributed by atoms with Crippen LogP contribution in [0.5, 0.6) is 0 Å². The van der Waals surface area contributed by atoms with E-state index in [1.807, 2.05) is 0 Å². The fourth-order valence-electron chi connectivity index (χ4n) is 2.30. The number of rotatable bonds is 14. The first-order valence-electron chi connectivity index (χ1n) is 7.95. The molecule has 0 aliphatic rings. The molecule has 0 heterocycles. The van der Waals surface area contributed by atoms with E-state index in [1.165, 1.54) is 6.92 Å². The Kier molecular flexibility index (Phi) is 11.1. The lowest BCUT2D eigenvalue weighted by atomic mass is 9.91. The monoisotopic (exact) mass is 347 g/mol. The summed E-state index contributed by atoms with van der Waals surface area (Å²) in [6, 6.07) is -0.337. The van der Waals surface area contributed by atoms with Crippen molar-refractivity contribution in [2.75, 3.05) is 19.7 Å². The van der Waals surface area contributed by atoms with Crippen molar-refractivity contribution in [1.29, 1.82) is 0 Å². The molecule has 0 aromatic rings. The molecular weight excluding hydrogens is 318 g/mol. The Morgan fingerprint density at radius 3 is 2.25 bits per heavy atom. The predicted molar refractivity (Wildman–Crippen MR) is 86.9 cm³/mol. The first-order chi connectivity index (χ1) is 11.2. The van der Waals surface area contributed by atoms with E-state index in [4.69, 9.17) is 21.7 Å². The van der Waals surface area contributed by atoms with Gasteiger partial charge in [-0.15, -0.1) is 0 Å². The van der Waals surface area contributed by atoms with E-state index in [-0.39, 0.29) is 43.6 Å². The summed E-state index contributed by atoms with van der Waals surface area (Å²) in [6.45, 7) is 2.05. The maximum Gasteiger partial charge on any atom is 0.309 e. The summed E-state index contributed by atoms with van der Waals surface area (Å²) in [7, 11) is 0. The number of aliphatic hydroxyl groups excluding tert-OH is 2. The summed E-state index contributed by atoms with van der Waals surface area (Å²) in [5.41, 5.74) is 10.7. The number of carbonyl (C=O) groups is 3. The van der Waals surface area contributed by atoms with E-state index < -0.39 is 23.9 Å². The SMILES string of the molecule is CC(O)[C@H](CC(=O)C[C@H](CNCC[C@@H](N)CO)CC(N)=O)C(=O)O. The molecular formula is C15H29N3O6. The number of amides is 1. The zero-order valence-electron chi connectivity index (χ0n) is 14.0. The third-order valence-electron chi connectivity index (χ3n) is 3.71. The van der Waals surface area contributed by atoms with Crippen molar-refractivity contribution in [2.45, 2.75) is 44.8 Å². The molecule has 1 unspecified atom stereocenters. The first kappa shape index (κ1) is 22.4. The molecule has 0 aromatic carbocycles. The van der Waals surface area contributed by atoms with Crippen LogP contribution in [0.15, 0.2) is 0 Å². The molecule has 0 radical (unpaired) electrons. The summed E-state index contributed by atoms with van der Waals surface area (Å²) in [6.07, 6.45) is -0.899. The second kappa shape index (κ2) is 11.9. The molecule has 0 bridgehead atoms. The molecule has 24 heavy (non-hydrogen) atoms. The van der Waals surface area contributed by atoms with Crippen molar-refractivity contribution >= 4 is 17.7 Å². The van der Waals surface area contributed by atoms with Crippen LogP contribution < -0.4 is 16.8 Å². The van der Waals surface area contributed by atoms with Gasteiger partial charge < -0.3 is 32.1 Å². The number of nitrogens with one attached hydrogen (secondary N) is 1. The minimum atomic E-state index is -1.24. The van der Waals surface area contributed by atoms with E-state index in [0.717, 1.165) is 0 Å². The van der Waals surface area contributed by atoms with Gasteiger partial charge in [0.2, 0.25) is 5.91 Å². The smallest absolute Gasteiger partial charge is 0.309 e. The number of nitrogens with two attached hydrogens (primary N) is 2. The van der Waals surface area contributed by atoms with E-state index in [1.54, 1.807) is 0 Å². The van der Waals surface area contributed by atoms with Crippen molar-refractivity contribution in [1.82, 2.24) is 5.32 Å². The largest absolute Gasteiger partial charge is 0.481 e. The average Bonchev–Trinajstić information content (AvgIpc) is 2.47. The molecule has 9 heteroatoms. The van der Waals surface area contributed by atoms with Crippen LogP contribution in [0.25, 0.3) is 0 Å². The van der Waals surface area contributed by atoms with Crippen molar-refractivity contribution < 1.29 is 29.7 Å². The maximum absolute atomic E-state index is 12.0. The van der Waals surface area contributed by atoms with Crippen molar-refractivity contribution in [3.63, 3.8) is 0 Å². The molecule has 1 amide bonds. The highest BCUT2D eigenvalue weighted by Crippen LogP contribution is 2.16. The molecule has 9 nitrogen and oxygen atoms in total. The Labute approximate surface area is 141 Å². The van der Waals surface area contributed by atoms with Gasteiger partial charge in [0.25, 0.3) is 0 Å². The van der Waals surface area contributed by atoms with Gasteiger partial charge in [-0.05, 0) is 32.4 Å². The highest BCUT2D eigenvalue weighted by molar-refractivity contribution is 5.84. The first-order valence-corrected chi connectivity index (χ1v) is 7.95. The lowest BCUT2D eigenvalue weighted by molar-refractivity contribution is -0.147. The van der Waals surface area contributed by atoms with E-state index in [0.29, 0.717) is 19.5 Å². The summed E-state index contributed by atoms with van der Waals surface area (Å²) < 4.78 is 0. The van der Waals surface area contributed by atoms with Crippen LogP contribution in [0.2, 0.25) is 0 Å². The summed E-state index contributed by atoms with van der Waals surface area (Å²) in [4.78, 5) is 34.2. The van der Waals surface area contributed by atoms with Crippen molar-refractivity contribution in [2.24, 2.45) is 23.3 Å². The minimum Gasteiger partial charge on any atom is -0.481 e. The van der Waals surface area contributed by atoms with Gasteiger partial charge in [0, 0.05) is 25.3 Å². The standard InChI is InChI=1S/C15H29N3O6/c1-9(20)13(15(23)24)6-12(21)4-10(5-14(17)22)7-18-3-2-11(16)8-19/h9-11,13,18-20H,2-8,16H2,1H3,(H2,17,22)(H,23,24)/t9?,10-,11+,13-/m0/s1. The number of carboxylic acids is 1. The van der Waals surface area contributed by atoms with Gasteiger partial charge in [-0.2, -0.15) is 0 Å². The summed E-state index contributed by atoms with van der Waals surface area (Å²) in [5.74, 6) is -3.65. The number of hydrogen-bond donors (Lipinski definition) is 6. The highest BCUT2D eigenvalue weighted by Gasteiger charge is 2.27. The van der Waals surface area contributed by atoms with Gasteiger partial charge in [0.05, 0.1) is 18.6 Å². The van der Waals surface area contributed by atoms with Gasteiger partial charge in [-0.25, -0.2) is 0 Å². The van der Waals surface area contributed by atoms with Gasteiger partial charge >= 0.3 is 5.97 Å². The lowest BCUT2D eigenvalue weighted by Crippen LogP contribution is -2.34. The van der Waals surface area contributed by atoms with Crippen LogP contribution in [0.3, 0.4) is 0 Å². The van der Waals surface area contributed by atoms with Crippen LogP contribution in [0.1, 0.15) is 32.6 Å². The molecule has 0 saturated carbocycles. The number of aliphatic carboxylic acids is 1. The molecule has 0 aromatic heterocycles. The van der Waals surface area contributed by atoms with Crippen LogP contribution in [-0.4, -0.2) is 64.8 Å². The Hall–Kier alpha value is -1.55. The highest BCUT2D eigenvalue weighted by atomic mass is 16.4. The van der Waals surface area contributed by atoms with E-state index >= 15 is 0 Å². The molecule has 0 aliphatic heterocycles. The Morgan fingerprint density at radius 2 is 1.79 bits per heavy atom. The number of primary amides is 1. The molecule has 4 atom stereocenters. The zero-order valence-corrected chi connectivity index (χ0v) is 14.0. The molecule has 0 saturated heterocycles. The number of aliphatic hydroxyl groups is 2. The Balaban J connectivity index is 4.46. The number of ketones is 1. The lowest BCUT2D eigenvalue weighted by Gasteiger charge is -2.18. The van der Waals surface area contributed by atoms with Crippen LogP contribution in [0, 0.1) is 11.8 Å². The van der Waals surface area contributed by atoms with E-state index in [2.05, 4.69) is 5.32 Å². The normalized spacial score (nSPS) is 16.2. The van der Waals surface area contributed by atoms with Gasteiger partial charge in [0.1, 0.15) is 5.78 Å². The number of carbonyl (C=O) groups excluding carboxylic acids is 2. The zero-order chi connectivity index (χ0) is 18.7. The molecule has 0 aliphatic carbocycles. The number of Topliss-reactive ketones (excluding diaryl/α,β-unsaturated/α-hetero) is 1. The van der Waals surface area contributed by atoms with Gasteiger partial charge in [-0.3, -0.25) is 14.4 Å². The summed E-state index contributed by atoms with van der Waals surface area (Å²) in [5, 5.41) is 30.3. The second-order valence-corrected chi connectivity index (χ2v) is 6.10. The van der Waals surface area contributed by atoms with Crippen molar-refractivity contribution in [3.05, 3.63) is 0 Å². The van der Waals surface area contributed by atoms with Crippen LogP contribution in [-0.2, 0) is 14.4 Å². The average molecular weight is 347 g/mol. The second-order valence-electron chi connectivity index (χ2n) is 6.10. The number of hydrogen-bond acceptors (Lipinski definition) is 7. The van der Waals surface area contributed by atoms with Crippen molar-refractivity contribution in [3.8, 4) is 0 Å². The topological polar surface area (TPSA) is 176 Å². The Bertz CT molecular complexity index is 416. The molecule has 0 fully saturated rings. The van der Waals surface area contributed by atoms with Crippen LogP contribution >= 0.6 is 0 Å². The van der Waals surface area contributed by atoms with Crippen LogP contribution in [0.4, 0.5) is 0 Å². The number of carboxylic acid groups (broad SMARTS) is 1. The maximum atomic E-state index is 12.0. The molecule has 0 spiro atoms.